The number of halogens is 1. The fourth-order valence-corrected chi connectivity index (χ4v) is 3.96. The number of carbonyl (C=O) groups excluding carboxylic acids is 2. The van der Waals surface area contributed by atoms with Crippen LogP contribution < -0.4 is 10.1 Å². The summed E-state index contributed by atoms with van der Waals surface area (Å²) in [7, 11) is 1.63. The third-order valence-electron chi connectivity index (χ3n) is 5.50. The molecule has 2 fully saturated rings. The first kappa shape index (κ1) is 18.8. The molecular formula is C22H23ClN2O3. The second-order valence-corrected chi connectivity index (χ2v) is 7.89. The molecule has 2 aliphatic rings. The number of ether oxygens (including phenoxy) is 1. The van der Waals surface area contributed by atoms with Gasteiger partial charge < -0.3 is 15.0 Å². The van der Waals surface area contributed by atoms with Crippen molar-refractivity contribution in [3.63, 3.8) is 0 Å². The lowest BCUT2D eigenvalue weighted by Gasteiger charge is -2.20. The Balaban J connectivity index is 1.61. The Labute approximate surface area is 169 Å². The standard InChI is InChI=1S/C22H23ClN2O3/c1-28-20-5-3-2-4-17(20)18-12-25(13-19(18)21(26)24-16-10-11-16)22(27)14-6-8-15(23)9-7-14/h2-9,16,18-19H,10-13H2,1H3,(H,24,26)/t18-,19+/m0/s1. The second-order valence-electron chi connectivity index (χ2n) is 7.45. The smallest absolute Gasteiger partial charge is 0.253 e. The van der Waals surface area contributed by atoms with Gasteiger partial charge in [0.25, 0.3) is 5.91 Å². The molecule has 5 nitrogen and oxygen atoms in total. The predicted molar refractivity (Wildman–Crippen MR) is 108 cm³/mol. The molecule has 0 unspecified atom stereocenters. The molecule has 0 radical (unpaired) electrons. The molecule has 1 N–H and O–H groups in total. The van der Waals surface area contributed by atoms with Crippen molar-refractivity contribution in [1.82, 2.24) is 10.2 Å². The Morgan fingerprint density at radius 2 is 1.79 bits per heavy atom. The van der Waals surface area contributed by atoms with Gasteiger partial charge in [-0.05, 0) is 48.7 Å². The van der Waals surface area contributed by atoms with Crippen molar-refractivity contribution >= 4 is 23.4 Å². The van der Waals surface area contributed by atoms with Gasteiger partial charge in [-0.1, -0.05) is 29.8 Å². The van der Waals surface area contributed by atoms with Gasteiger partial charge in [0.05, 0.1) is 13.0 Å². The SMILES string of the molecule is COc1ccccc1[C@@H]1CN(C(=O)c2ccc(Cl)cc2)C[C@H]1C(=O)NC1CC1. The maximum absolute atomic E-state index is 13.0. The number of likely N-dealkylation sites (tertiary alicyclic amines) is 1. The van der Waals surface area contributed by atoms with Crippen molar-refractivity contribution in [2.75, 3.05) is 20.2 Å². The number of hydrogen-bond acceptors (Lipinski definition) is 3. The second kappa shape index (κ2) is 7.84. The maximum atomic E-state index is 13.0. The molecule has 1 aliphatic carbocycles. The molecule has 0 aromatic heterocycles. The summed E-state index contributed by atoms with van der Waals surface area (Å²) in [5.41, 5.74) is 1.54. The Morgan fingerprint density at radius 3 is 2.46 bits per heavy atom. The van der Waals surface area contributed by atoms with E-state index in [2.05, 4.69) is 5.32 Å². The van der Waals surface area contributed by atoms with Crippen LogP contribution in [0.5, 0.6) is 5.75 Å². The van der Waals surface area contributed by atoms with E-state index in [0.29, 0.717) is 23.7 Å². The Hall–Kier alpha value is -2.53. The Kier molecular flexibility index (Phi) is 5.27. The highest BCUT2D eigenvalue weighted by atomic mass is 35.5. The van der Waals surface area contributed by atoms with Gasteiger partial charge in [-0.15, -0.1) is 0 Å². The van der Waals surface area contributed by atoms with Crippen molar-refractivity contribution in [3.05, 3.63) is 64.7 Å². The minimum absolute atomic E-state index is 0.0183. The number of nitrogens with zero attached hydrogens (tertiary/aromatic N) is 1. The number of rotatable bonds is 5. The summed E-state index contributed by atoms with van der Waals surface area (Å²) in [5.74, 6) is 0.278. The molecular weight excluding hydrogens is 376 g/mol. The van der Waals surface area contributed by atoms with E-state index in [1.165, 1.54) is 0 Å². The van der Waals surface area contributed by atoms with Crippen LogP contribution in [0.4, 0.5) is 0 Å². The third kappa shape index (κ3) is 3.85. The number of benzene rings is 2. The van der Waals surface area contributed by atoms with Crippen LogP contribution in [-0.2, 0) is 4.79 Å². The molecule has 1 heterocycles. The van der Waals surface area contributed by atoms with Gasteiger partial charge in [0, 0.05) is 35.6 Å². The molecule has 2 atom stereocenters. The van der Waals surface area contributed by atoms with E-state index >= 15 is 0 Å². The summed E-state index contributed by atoms with van der Waals surface area (Å²) in [5, 5.41) is 3.69. The van der Waals surface area contributed by atoms with E-state index in [0.717, 1.165) is 24.2 Å². The molecule has 1 saturated heterocycles. The third-order valence-corrected chi connectivity index (χ3v) is 5.75. The van der Waals surface area contributed by atoms with E-state index in [1.54, 1.807) is 36.3 Å². The van der Waals surface area contributed by atoms with Crippen molar-refractivity contribution in [2.24, 2.45) is 5.92 Å². The highest BCUT2D eigenvalue weighted by Gasteiger charge is 2.42. The summed E-state index contributed by atoms with van der Waals surface area (Å²) in [6.07, 6.45) is 2.07. The summed E-state index contributed by atoms with van der Waals surface area (Å²) in [4.78, 5) is 27.7. The summed E-state index contributed by atoms with van der Waals surface area (Å²) >= 11 is 5.94. The van der Waals surface area contributed by atoms with Crippen molar-refractivity contribution < 1.29 is 14.3 Å². The van der Waals surface area contributed by atoms with Crippen molar-refractivity contribution in [1.29, 1.82) is 0 Å². The molecule has 2 amide bonds. The van der Waals surface area contributed by atoms with Gasteiger partial charge in [0.2, 0.25) is 5.91 Å². The fourth-order valence-electron chi connectivity index (χ4n) is 3.83. The molecule has 4 rings (SSSR count). The molecule has 6 heteroatoms. The normalized spacial score (nSPS) is 21.4. The first-order valence-corrected chi connectivity index (χ1v) is 9.92. The minimum atomic E-state index is -0.298. The van der Waals surface area contributed by atoms with Crippen LogP contribution in [-0.4, -0.2) is 43.0 Å². The summed E-state index contributed by atoms with van der Waals surface area (Å²) in [6, 6.07) is 14.9. The molecule has 146 valence electrons. The fraction of sp³-hybridized carbons (Fsp3) is 0.364. The van der Waals surface area contributed by atoms with E-state index in [4.69, 9.17) is 16.3 Å². The largest absolute Gasteiger partial charge is 0.496 e. The van der Waals surface area contributed by atoms with Gasteiger partial charge >= 0.3 is 0 Å². The Bertz CT molecular complexity index is 880. The molecule has 0 bridgehead atoms. The van der Waals surface area contributed by atoms with Crippen LogP contribution in [0.3, 0.4) is 0 Å². The van der Waals surface area contributed by atoms with Gasteiger partial charge in [0.15, 0.2) is 0 Å². The zero-order chi connectivity index (χ0) is 19.7. The van der Waals surface area contributed by atoms with Crippen LogP contribution in [0.1, 0.15) is 34.7 Å². The molecule has 0 spiro atoms. The number of methoxy groups -OCH3 is 1. The molecule has 2 aromatic rings. The lowest BCUT2D eigenvalue weighted by Crippen LogP contribution is -2.36. The minimum Gasteiger partial charge on any atom is -0.496 e. The molecule has 28 heavy (non-hydrogen) atoms. The van der Waals surface area contributed by atoms with E-state index < -0.39 is 0 Å². The average molecular weight is 399 g/mol. The average Bonchev–Trinajstić information content (AvgIpc) is 3.41. The first-order valence-electron chi connectivity index (χ1n) is 9.55. The van der Waals surface area contributed by atoms with E-state index in [1.807, 2.05) is 24.3 Å². The number of carbonyl (C=O) groups is 2. The molecule has 1 aliphatic heterocycles. The highest BCUT2D eigenvalue weighted by Crippen LogP contribution is 2.38. The maximum Gasteiger partial charge on any atom is 0.253 e. The van der Waals surface area contributed by atoms with E-state index in [9.17, 15) is 9.59 Å². The van der Waals surface area contributed by atoms with Crippen molar-refractivity contribution in [2.45, 2.75) is 24.8 Å². The number of para-hydroxylation sites is 1. The predicted octanol–water partition coefficient (Wildman–Crippen LogP) is 3.48. The van der Waals surface area contributed by atoms with Gasteiger partial charge in [-0.2, -0.15) is 0 Å². The van der Waals surface area contributed by atoms with Crippen LogP contribution >= 0.6 is 11.6 Å². The van der Waals surface area contributed by atoms with Crippen molar-refractivity contribution in [3.8, 4) is 5.75 Å². The monoisotopic (exact) mass is 398 g/mol. The van der Waals surface area contributed by atoms with Gasteiger partial charge in [-0.25, -0.2) is 0 Å². The van der Waals surface area contributed by atoms with Crippen LogP contribution in [0, 0.1) is 5.92 Å². The van der Waals surface area contributed by atoms with Crippen LogP contribution in [0.15, 0.2) is 48.5 Å². The molecule has 1 saturated carbocycles. The van der Waals surface area contributed by atoms with Crippen LogP contribution in [0.25, 0.3) is 0 Å². The number of amides is 2. The van der Waals surface area contributed by atoms with Gasteiger partial charge in [-0.3, -0.25) is 9.59 Å². The number of hydrogen-bond donors (Lipinski definition) is 1. The topological polar surface area (TPSA) is 58.6 Å². The zero-order valence-electron chi connectivity index (χ0n) is 15.7. The summed E-state index contributed by atoms with van der Waals surface area (Å²) in [6.45, 7) is 0.868. The summed E-state index contributed by atoms with van der Waals surface area (Å²) < 4.78 is 5.52. The van der Waals surface area contributed by atoms with Gasteiger partial charge in [0.1, 0.15) is 5.75 Å². The highest BCUT2D eigenvalue weighted by molar-refractivity contribution is 6.30. The Morgan fingerprint density at radius 1 is 1.07 bits per heavy atom. The molecule has 2 aromatic carbocycles. The first-order chi connectivity index (χ1) is 13.6. The lowest BCUT2D eigenvalue weighted by molar-refractivity contribution is -0.125. The number of nitrogens with one attached hydrogen (secondary N) is 1. The van der Waals surface area contributed by atoms with E-state index in [-0.39, 0.29) is 29.7 Å². The quantitative estimate of drug-likeness (QED) is 0.838. The lowest BCUT2D eigenvalue weighted by atomic mass is 9.87. The zero-order valence-corrected chi connectivity index (χ0v) is 16.5. The van der Waals surface area contributed by atoms with Crippen LogP contribution in [0.2, 0.25) is 5.02 Å².